The Kier molecular flexibility index (Phi) is 7.53. The van der Waals surface area contributed by atoms with E-state index < -0.39 is 0 Å². The van der Waals surface area contributed by atoms with E-state index in [1.165, 1.54) is 22.7 Å². The zero-order valence-corrected chi connectivity index (χ0v) is 22.0. The van der Waals surface area contributed by atoms with E-state index in [4.69, 9.17) is 21.7 Å². The van der Waals surface area contributed by atoms with E-state index >= 15 is 0 Å². The van der Waals surface area contributed by atoms with Crippen LogP contribution >= 0.6 is 55.8 Å². The van der Waals surface area contributed by atoms with E-state index in [-0.39, 0.29) is 18.3 Å². The number of carbonyl (C=O) groups excluding carboxylic acids is 1. The fourth-order valence-corrected chi connectivity index (χ4v) is 5.89. The third kappa shape index (κ3) is 5.32. The highest BCUT2D eigenvalue weighted by Crippen LogP contribution is 2.39. The van der Waals surface area contributed by atoms with Gasteiger partial charge in [-0.25, -0.2) is 4.39 Å². The van der Waals surface area contributed by atoms with E-state index in [1.54, 1.807) is 55.7 Å². The summed E-state index contributed by atoms with van der Waals surface area (Å²) in [5.41, 5.74) is 1.92. The summed E-state index contributed by atoms with van der Waals surface area (Å²) >= 11 is 13.7. The van der Waals surface area contributed by atoms with Gasteiger partial charge in [-0.15, -0.1) is 0 Å². The van der Waals surface area contributed by atoms with E-state index in [1.807, 2.05) is 12.1 Å². The molecule has 0 aliphatic carbocycles. The Morgan fingerprint density at radius 1 is 1.09 bits per heavy atom. The second-order valence-corrected chi connectivity index (χ2v) is 10.3. The number of ether oxygens (including phenoxy) is 2. The van der Waals surface area contributed by atoms with Crippen molar-refractivity contribution in [2.45, 2.75) is 6.61 Å². The first-order valence-corrected chi connectivity index (χ1v) is 12.5. The predicted octanol–water partition coefficient (Wildman–Crippen LogP) is 7.34. The molecule has 1 amide bonds. The second kappa shape index (κ2) is 10.4. The van der Waals surface area contributed by atoms with Crippen LogP contribution in [0.15, 0.2) is 74.5 Å². The van der Waals surface area contributed by atoms with Gasteiger partial charge in [0.15, 0.2) is 4.32 Å². The monoisotopic (exact) mass is 607 g/mol. The molecule has 0 saturated carbocycles. The molecule has 0 aromatic heterocycles. The van der Waals surface area contributed by atoms with Gasteiger partial charge in [0, 0.05) is 5.56 Å². The summed E-state index contributed by atoms with van der Waals surface area (Å²) in [5, 5.41) is 0. The van der Waals surface area contributed by atoms with Crippen molar-refractivity contribution in [1.82, 2.24) is 0 Å². The highest BCUT2D eigenvalue weighted by Gasteiger charge is 2.33. The van der Waals surface area contributed by atoms with E-state index in [0.717, 1.165) is 5.56 Å². The molecule has 1 heterocycles. The fourth-order valence-electron chi connectivity index (χ4n) is 3.14. The van der Waals surface area contributed by atoms with Crippen LogP contribution in [-0.4, -0.2) is 17.3 Å². The predicted molar refractivity (Wildman–Crippen MR) is 141 cm³/mol. The SMILES string of the molecule is COc1ccc(N2C(=O)/C(=C\c3cc(Br)c(OCc4ccccc4F)c(Br)c3)SC2=S)cc1. The average Bonchev–Trinajstić information content (AvgIpc) is 3.07. The Balaban J connectivity index is 1.54. The van der Waals surface area contributed by atoms with Gasteiger partial charge in [-0.05, 0) is 86.0 Å². The van der Waals surface area contributed by atoms with Crippen molar-refractivity contribution in [2.75, 3.05) is 12.0 Å². The number of halogens is 3. The van der Waals surface area contributed by atoms with Crippen LogP contribution in [0.1, 0.15) is 11.1 Å². The Morgan fingerprint density at radius 2 is 1.76 bits per heavy atom. The topological polar surface area (TPSA) is 38.8 Å². The van der Waals surface area contributed by atoms with E-state index in [9.17, 15) is 9.18 Å². The maximum absolute atomic E-state index is 13.9. The first-order valence-electron chi connectivity index (χ1n) is 9.64. The molecule has 1 saturated heterocycles. The van der Waals surface area contributed by atoms with Gasteiger partial charge >= 0.3 is 0 Å². The number of methoxy groups -OCH3 is 1. The first kappa shape index (κ1) is 23.9. The molecule has 3 aromatic rings. The molecule has 4 rings (SSSR count). The zero-order valence-electron chi connectivity index (χ0n) is 17.2. The van der Waals surface area contributed by atoms with Gasteiger partial charge in [0.2, 0.25) is 0 Å². The lowest BCUT2D eigenvalue weighted by Crippen LogP contribution is -2.27. The van der Waals surface area contributed by atoms with E-state index in [2.05, 4.69) is 31.9 Å². The van der Waals surface area contributed by atoms with Crippen molar-refractivity contribution in [3.8, 4) is 11.5 Å². The van der Waals surface area contributed by atoms with Crippen LogP contribution in [0.5, 0.6) is 11.5 Å². The molecule has 0 atom stereocenters. The number of hydrogen-bond acceptors (Lipinski definition) is 5. The zero-order chi connectivity index (χ0) is 23.5. The van der Waals surface area contributed by atoms with Crippen molar-refractivity contribution < 1.29 is 18.7 Å². The molecule has 0 bridgehead atoms. The molecule has 1 fully saturated rings. The lowest BCUT2D eigenvalue weighted by atomic mass is 10.2. The van der Waals surface area contributed by atoms with Gasteiger partial charge in [0.05, 0.1) is 26.6 Å². The smallest absolute Gasteiger partial charge is 0.270 e. The van der Waals surface area contributed by atoms with Crippen molar-refractivity contribution in [1.29, 1.82) is 0 Å². The molecule has 0 unspecified atom stereocenters. The maximum Gasteiger partial charge on any atom is 0.270 e. The minimum absolute atomic E-state index is 0.0870. The summed E-state index contributed by atoms with van der Waals surface area (Å²) in [7, 11) is 1.59. The Labute approximate surface area is 217 Å². The third-order valence-electron chi connectivity index (χ3n) is 4.77. The number of rotatable bonds is 6. The summed E-state index contributed by atoms with van der Waals surface area (Å²) in [6, 6.07) is 17.3. The van der Waals surface area contributed by atoms with Crippen LogP contribution in [0.25, 0.3) is 6.08 Å². The van der Waals surface area contributed by atoms with Crippen LogP contribution in [-0.2, 0) is 11.4 Å². The summed E-state index contributed by atoms with van der Waals surface area (Å²) in [4.78, 5) is 15.0. The molecular weight excluding hydrogens is 593 g/mol. The average molecular weight is 609 g/mol. The number of anilines is 1. The molecule has 3 aromatic carbocycles. The van der Waals surface area contributed by atoms with Crippen LogP contribution in [0.2, 0.25) is 0 Å². The number of hydrogen-bond donors (Lipinski definition) is 0. The first-order chi connectivity index (χ1) is 15.9. The number of benzene rings is 3. The molecule has 0 spiro atoms. The largest absolute Gasteiger partial charge is 0.497 e. The van der Waals surface area contributed by atoms with Gasteiger partial charge in [-0.3, -0.25) is 9.69 Å². The summed E-state index contributed by atoms with van der Waals surface area (Å²) in [5.74, 6) is 0.732. The Bertz CT molecular complexity index is 1240. The summed E-state index contributed by atoms with van der Waals surface area (Å²) in [6.45, 7) is 0.0870. The maximum atomic E-state index is 13.9. The van der Waals surface area contributed by atoms with Crippen molar-refractivity contribution in [3.63, 3.8) is 0 Å². The summed E-state index contributed by atoms with van der Waals surface area (Å²) < 4.78 is 26.7. The highest BCUT2D eigenvalue weighted by molar-refractivity contribution is 9.11. The number of thioether (sulfide) groups is 1. The molecule has 1 aliphatic heterocycles. The molecular formula is C24H16Br2FNO3S2. The third-order valence-corrected chi connectivity index (χ3v) is 7.25. The lowest BCUT2D eigenvalue weighted by molar-refractivity contribution is -0.113. The van der Waals surface area contributed by atoms with Gasteiger partial charge in [-0.1, -0.05) is 42.2 Å². The van der Waals surface area contributed by atoms with Crippen molar-refractivity contribution >= 4 is 77.8 Å². The number of thiocarbonyl (C=S) groups is 1. The van der Waals surface area contributed by atoms with E-state index in [0.29, 0.717) is 40.9 Å². The molecule has 9 heteroatoms. The molecule has 0 N–H and O–H groups in total. The van der Waals surface area contributed by atoms with Crippen LogP contribution in [0.4, 0.5) is 10.1 Å². The van der Waals surface area contributed by atoms with Crippen molar-refractivity contribution in [3.05, 3.63) is 91.5 Å². The number of amides is 1. The molecule has 1 aliphatic rings. The van der Waals surface area contributed by atoms with Crippen molar-refractivity contribution in [2.24, 2.45) is 0 Å². The summed E-state index contributed by atoms with van der Waals surface area (Å²) in [6.07, 6.45) is 1.78. The van der Waals surface area contributed by atoms with Crippen LogP contribution in [0, 0.1) is 5.82 Å². The standard InChI is InChI=1S/C24H16Br2FNO3S2/c1-30-17-8-6-16(7-9-17)28-23(29)21(33-24(28)32)12-14-10-18(25)22(19(26)11-14)31-13-15-4-2-3-5-20(15)27/h2-12H,13H2,1H3/b21-12+. The Morgan fingerprint density at radius 3 is 2.39 bits per heavy atom. The minimum Gasteiger partial charge on any atom is -0.497 e. The minimum atomic E-state index is -0.319. The number of carbonyl (C=O) groups is 1. The molecule has 168 valence electrons. The lowest BCUT2D eigenvalue weighted by Gasteiger charge is -2.14. The normalized spacial score (nSPS) is 14.8. The van der Waals surface area contributed by atoms with Gasteiger partial charge < -0.3 is 9.47 Å². The molecule has 4 nitrogen and oxygen atoms in total. The van der Waals surface area contributed by atoms with Crippen LogP contribution < -0.4 is 14.4 Å². The second-order valence-electron chi connectivity index (χ2n) is 6.91. The molecule has 0 radical (unpaired) electrons. The van der Waals surface area contributed by atoms with Gasteiger partial charge in [0.1, 0.15) is 23.9 Å². The molecule has 33 heavy (non-hydrogen) atoms. The number of nitrogens with zero attached hydrogens (tertiary/aromatic N) is 1. The van der Waals surface area contributed by atoms with Gasteiger partial charge in [0.25, 0.3) is 5.91 Å². The highest BCUT2D eigenvalue weighted by atomic mass is 79.9. The van der Waals surface area contributed by atoms with Crippen LogP contribution in [0.3, 0.4) is 0 Å². The Hall–Kier alpha value is -2.20. The fraction of sp³-hybridized carbons (Fsp3) is 0.0833. The van der Waals surface area contributed by atoms with Gasteiger partial charge in [-0.2, -0.15) is 0 Å². The quantitative estimate of drug-likeness (QED) is 0.216.